The second-order valence-electron chi connectivity index (χ2n) is 3.42. The zero-order valence-electron chi connectivity index (χ0n) is 7.89. The lowest BCUT2D eigenvalue weighted by Crippen LogP contribution is -2.25. The second-order valence-corrected chi connectivity index (χ2v) is 4.44. The average Bonchev–Trinajstić information content (AvgIpc) is 1.82. The topological polar surface area (TPSA) is 35.5 Å². The zero-order chi connectivity index (χ0) is 9.78. The Morgan fingerprint density at radius 2 is 2.00 bits per heavy atom. The van der Waals surface area contributed by atoms with E-state index in [-0.39, 0.29) is 23.0 Å². The Balaban J connectivity index is 3.74. The van der Waals surface area contributed by atoms with Gasteiger partial charge in [-0.25, -0.2) is 0 Å². The first-order valence-corrected chi connectivity index (χ1v) is 4.65. The SMILES string of the molecule is COC(=O)CC(Br)OC(C)(C)C. The first kappa shape index (κ1) is 11.9. The summed E-state index contributed by atoms with van der Waals surface area (Å²) in [6, 6.07) is 0. The molecular formula is C8H15BrO3. The number of rotatable bonds is 3. The number of carbonyl (C=O) groups excluding carboxylic acids is 1. The Morgan fingerprint density at radius 3 is 2.33 bits per heavy atom. The molecule has 0 radical (unpaired) electrons. The van der Waals surface area contributed by atoms with Crippen molar-refractivity contribution >= 4 is 21.9 Å². The van der Waals surface area contributed by atoms with Crippen LogP contribution in [0, 0.1) is 0 Å². The van der Waals surface area contributed by atoms with E-state index < -0.39 is 0 Å². The van der Waals surface area contributed by atoms with Gasteiger partial charge in [0.05, 0.1) is 19.1 Å². The molecule has 72 valence electrons. The van der Waals surface area contributed by atoms with E-state index in [1.54, 1.807) is 0 Å². The Hall–Kier alpha value is -0.0900. The molecule has 0 aliphatic carbocycles. The number of halogens is 1. The van der Waals surface area contributed by atoms with Gasteiger partial charge in [-0.05, 0) is 20.8 Å². The summed E-state index contributed by atoms with van der Waals surface area (Å²) in [6.45, 7) is 5.79. The van der Waals surface area contributed by atoms with Gasteiger partial charge in [-0.2, -0.15) is 0 Å². The average molecular weight is 239 g/mol. The normalized spacial score (nSPS) is 14.1. The van der Waals surface area contributed by atoms with Gasteiger partial charge in [0.1, 0.15) is 5.01 Å². The van der Waals surface area contributed by atoms with Crippen LogP contribution in [0.1, 0.15) is 27.2 Å². The van der Waals surface area contributed by atoms with Crippen LogP contribution in [-0.2, 0) is 14.3 Å². The van der Waals surface area contributed by atoms with Crippen molar-refractivity contribution < 1.29 is 14.3 Å². The molecule has 0 aromatic heterocycles. The van der Waals surface area contributed by atoms with E-state index in [2.05, 4.69) is 20.7 Å². The van der Waals surface area contributed by atoms with Crippen molar-refractivity contribution in [3.8, 4) is 0 Å². The van der Waals surface area contributed by atoms with Crippen LogP contribution in [0.25, 0.3) is 0 Å². The summed E-state index contributed by atoms with van der Waals surface area (Å²) in [4.78, 5) is 10.8. The number of ether oxygens (including phenoxy) is 2. The molecule has 3 nitrogen and oxygen atoms in total. The van der Waals surface area contributed by atoms with Crippen molar-refractivity contribution in [2.24, 2.45) is 0 Å². The highest BCUT2D eigenvalue weighted by Crippen LogP contribution is 2.17. The molecule has 0 fully saturated rings. The molecule has 0 aliphatic rings. The highest BCUT2D eigenvalue weighted by atomic mass is 79.9. The largest absolute Gasteiger partial charge is 0.469 e. The Morgan fingerprint density at radius 1 is 1.50 bits per heavy atom. The van der Waals surface area contributed by atoms with Gasteiger partial charge in [-0.15, -0.1) is 0 Å². The fourth-order valence-electron chi connectivity index (χ4n) is 0.640. The van der Waals surface area contributed by atoms with E-state index in [1.165, 1.54) is 7.11 Å². The molecule has 4 heteroatoms. The van der Waals surface area contributed by atoms with Gasteiger partial charge in [0.25, 0.3) is 0 Å². The van der Waals surface area contributed by atoms with Crippen LogP contribution < -0.4 is 0 Å². The van der Waals surface area contributed by atoms with Gasteiger partial charge in [0.2, 0.25) is 0 Å². The third kappa shape index (κ3) is 6.61. The fourth-order valence-corrected chi connectivity index (χ4v) is 1.46. The quantitative estimate of drug-likeness (QED) is 0.558. The number of alkyl halides is 1. The number of hydrogen-bond donors (Lipinski definition) is 0. The van der Waals surface area contributed by atoms with Crippen LogP contribution in [0.5, 0.6) is 0 Å². The third-order valence-electron chi connectivity index (χ3n) is 1.04. The van der Waals surface area contributed by atoms with Gasteiger partial charge in [-0.1, -0.05) is 15.9 Å². The fraction of sp³-hybridized carbons (Fsp3) is 0.875. The number of carbonyl (C=O) groups is 1. The minimum Gasteiger partial charge on any atom is -0.469 e. The molecule has 0 aliphatic heterocycles. The summed E-state index contributed by atoms with van der Waals surface area (Å²) in [6.07, 6.45) is 0.230. The van der Waals surface area contributed by atoms with E-state index in [1.807, 2.05) is 20.8 Å². The molecular weight excluding hydrogens is 224 g/mol. The van der Waals surface area contributed by atoms with Crippen LogP contribution in [0.3, 0.4) is 0 Å². The summed E-state index contributed by atoms with van der Waals surface area (Å²) < 4.78 is 9.91. The summed E-state index contributed by atoms with van der Waals surface area (Å²) in [7, 11) is 1.36. The van der Waals surface area contributed by atoms with Crippen LogP contribution in [0.4, 0.5) is 0 Å². The first-order valence-electron chi connectivity index (χ1n) is 3.74. The van der Waals surface area contributed by atoms with Gasteiger partial charge in [0, 0.05) is 0 Å². The van der Waals surface area contributed by atoms with Crippen LogP contribution in [-0.4, -0.2) is 23.7 Å². The van der Waals surface area contributed by atoms with Crippen molar-refractivity contribution in [1.29, 1.82) is 0 Å². The summed E-state index contributed by atoms with van der Waals surface area (Å²) in [5, 5.41) is -0.273. The van der Waals surface area contributed by atoms with Crippen LogP contribution >= 0.6 is 15.9 Å². The molecule has 0 amide bonds. The highest BCUT2D eigenvalue weighted by Gasteiger charge is 2.18. The monoisotopic (exact) mass is 238 g/mol. The minimum absolute atomic E-state index is 0.230. The van der Waals surface area contributed by atoms with Crippen molar-refractivity contribution in [2.45, 2.75) is 37.8 Å². The van der Waals surface area contributed by atoms with Gasteiger partial charge in [-0.3, -0.25) is 4.79 Å². The molecule has 0 N–H and O–H groups in total. The molecule has 0 aromatic rings. The lowest BCUT2D eigenvalue weighted by Gasteiger charge is -2.23. The van der Waals surface area contributed by atoms with Crippen molar-refractivity contribution in [3.63, 3.8) is 0 Å². The Labute approximate surface area is 81.6 Å². The van der Waals surface area contributed by atoms with E-state index >= 15 is 0 Å². The second kappa shape index (κ2) is 4.82. The molecule has 1 atom stereocenters. The first-order chi connectivity index (χ1) is 5.35. The van der Waals surface area contributed by atoms with E-state index in [4.69, 9.17) is 4.74 Å². The highest BCUT2D eigenvalue weighted by molar-refractivity contribution is 9.09. The van der Waals surface area contributed by atoms with Crippen LogP contribution in [0.15, 0.2) is 0 Å². The Kier molecular flexibility index (Phi) is 4.78. The third-order valence-corrected chi connectivity index (χ3v) is 1.55. The molecule has 0 saturated heterocycles. The minimum atomic E-state index is -0.277. The number of methoxy groups -OCH3 is 1. The van der Waals surface area contributed by atoms with Crippen LogP contribution in [0.2, 0.25) is 0 Å². The van der Waals surface area contributed by atoms with Crippen molar-refractivity contribution in [1.82, 2.24) is 0 Å². The number of esters is 1. The molecule has 12 heavy (non-hydrogen) atoms. The molecule has 0 bridgehead atoms. The zero-order valence-corrected chi connectivity index (χ0v) is 9.47. The summed E-state index contributed by atoms with van der Waals surface area (Å²) in [5.74, 6) is -0.277. The smallest absolute Gasteiger partial charge is 0.309 e. The molecule has 0 aromatic carbocycles. The van der Waals surface area contributed by atoms with Gasteiger partial charge in [0.15, 0.2) is 0 Å². The lowest BCUT2D eigenvalue weighted by molar-refractivity contribution is -0.143. The van der Waals surface area contributed by atoms with Crippen molar-refractivity contribution in [2.75, 3.05) is 7.11 Å². The molecule has 0 heterocycles. The van der Waals surface area contributed by atoms with E-state index in [9.17, 15) is 4.79 Å². The molecule has 0 rings (SSSR count). The molecule has 0 saturated carbocycles. The summed E-state index contributed by atoms with van der Waals surface area (Å²) in [5.41, 5.74) is -0.248. The van der Waals surface area contributed by atoms with E-state index in [0.717, 1.165) is 0 Å². The summed E-state index contributed by atoms with van der Waals surface area (Å²) >= 11 is 3.23. The number of hydrogen-bond acceptors (Lipinski definition) is 3. The Bertz CT molecular complexity index is 151. The molecule has 0 spiro atoms. The predicted molar refractivity (Wildman–Crippen MR) is 50.2 cm³/mol. The predicted octanol–water partition coefficient (Wildman–Crippen LogP) is 2.09. The lowest BCUT2D eigenvalue weighted by atomic mass is 10.2. The maximum atomic E-state index is 10.8. The van der Waals surface area contributed by atoms with Gasteiger partial charge >= 0.3 is 5.97 Å². The molecule has 1 unspecified atom stereocenters. The van der Waals surface area contributed by atoms with Gasteiger partial charge < -0.3 is 9.47 Å². The van der Waals surface area contributed by atoms with E-state index in [0.29, 0.717) is 0 Å². The maximum absolute atomic E-state index is 10.8. The van der Waals surface area contributed by atoms with Crippen molar-refractivity contribution in [3.05, 3.63) is 0 Å². The maximum Gasteiger partial charge on any atom is 0.309 e. The standard InChI is InChI=1S/C8H15BrO3/c1-8(2,3)12-6(9)5-7(10)11-4/h6H,5H2,1-4H3.